The molecule has 17 heavy (non-hydrogen) atoms. The van der Waals surface area contributed by atoms with Gasteiger partial charge in [-0.05, 0) is 23.8 Å². The van der Waals surface area contributed by atoms with E-state index < -0.39 is 6.10 Å². The number of rotatable bonds is 2. The van der Waals surface area contributed by atoms with Crippen LogP contribution in [0.25, 0.3) is 6.08 Å². The second-order valence-electron chi connectivity index (χ2n) is 3.80. The zero-order valence-electron chi connectivity index (χ0n) is 9.09. The first kappa shape index (κ1) is 11.3. The SMILES string of the molecule is Oc1cc(O)cc(/C=C/C2=CCC(O)C#C2)c1. The number of aliphatic hydroxyl groups is 1. The molecule has 0 amide bonds. The highest BCUT2D eigenvalue weighted by Gasteiger charge is 2.01. The van der Waals surface area contributed by atoms with Gasteiger partial charge in [-0.2, -0.15) is 0 Å². The second kappa shape index (κ2) is 4.77. The minimum Gasteiger partial charge on any atom is -0.508 e. The smallest absolute Gasteiger partial charge is 0.119 e. The monoisotopic (exact) mass is 228 g/mol. The molecule has 3 N–H and O–H groups in total. The van der Waals surface area contributed by atoms with Gasteiger partial charge in [0.1, 0.15) is 17.6 Å². The highest BCUT2D eigenvalue weighted by molar-refractivity contribution is 5.60. The Morgan fingerprint density at radius 3 is 2.41 bits per heavy atom. The molecule has 0 radical (unpaired) electrons. The first-order valence-corrected chi connectivity index (χ1v) is 5.24. The molecule has 0 heterocycles. The van der Waals surface area contributed by atoms with Gasteiger partial charge in [0.25, 0.3) is 0 Å². The Morgan fingerprint density at radius 2 is 1.82 bits per heavy atom. The van der Waals surface area contributed by atoms with Crippen molar-refractivity contribution in [3.05, 3.63) is 41.5 Å². The third kappa shape index (κ3) is 3.13. The molecule has 1 aliphatic carbocycles. The fourth-order valence-electron chi connectivity index (χ4n) is 1.53. The summed E-state index contributed by atoms with van der Waals surface area (Å²) >= 11 is 0. The van der Waals surface area contributed by atoms with Gasteiger partial charge in [0.2, 0.25) is 0 Å². The Kier molecular flexibility index (Phi) is 3.17. The summed E-state index contributed by atoms with van der Waals surface area (Å²) in [6.45, 7) is 0. The summed E-state index contributed by atoms with van der Waals surface area (Å²) in [5.74, 6) is 5.53. The van der Waals surface area contributed by atoms with Gasteiger partial charge >= 0.3 is 0 Å². The fraction of sp³-hybridized carbons (Fsp3) is 0.143. The van der Waals surface area contributed by atoms with Crippen LogP contribution < -0.4 is 0 Å². The molecule has 86 valence electrons. The highest BCUT2D eigenvalue weighted by atomic mass is 16.3. The third-order valence-corrected chi connectivity index (χ3v) is 2.32. The number of hydrogen-bond donors (Lipinski definition) is 3. The average molecular weight is 228 g/mol. The summed E-state index contributed by atoms with van der Waals surface area (Å²) in [6, 6.07) is 4.36. The maximum absolute atomic E-state index is 9.30. The molecule has 0 aliphatic heterocycles. The molecule has 3 nitrogen and oxygen atoms in total. The van der Waals surface area contributed by atoms with Gasteiger partial charge < -0.3 is 15.3 Å². The van der Waals surface area contributed by atoms with Gasteiger partial charge in [-0.3, -0.25) is 0 Å². The van der Waals surface area contributed by atoms with Crippen LogP contribution in [0.5, 0.6) is 11.5 Å². The predicted molar refractivity (Wildman–Crippen MR) is 65.3 cm³/mol. The molecule has 1 aliphatic rings. The van der Waals surface area contributed by atoms with E-state index in [-0.39, 0.29) is 11.5 Å². The van der Waals surface area contributed by atoms with Crippen LogP contribution in [0, 0.1) is 11.8 Å². The Balaban J connectivity index is 2.16. The van der Waals surface area contributed by atoms with Crippen LogP contribution in [0.4, 0.5) is 0 Å². The van der Waals surface area contributed by atoms with Crippen LogP contribution in [0.15, 0.2) is 35.9 Å². The molecule has 1 unspecified atom stereocenters. The first-order valence-electron chi connectivity index (χ1n) is 5.24. The van der Waals surface area contributed by atoms with Crippen molar-refractivity contribution in [2.24, 2.45) is 0 Å². The van der Waals surface area contributed by atoms with Gasteiger partial charge in [0.15, 0.2) is 0 Å². The van der Waals surface area contributed by atoms with Gasteiger partial charge in [0, 0.05) is 18.1 Å². The summed E-state index contributed by atoms with van der Waals surface area (Å²) < 4.78 is 0. The molecular formula is C14H12O3. The number of aliphatic hydroxyl groups excluding tert-OH is 1. The Labute approximate surface area is 99.3 Å². The summed E-state index contributed by atoms with van der Waals surface area (Å²) in [4.78, 5) is 0. The van der Waals surface area contributed by atoms with Crippen molar-refractivity contribution in [2.45, 2.75) is 12.5 Å². The minimum absolute atomic E-state index is 0.0174. The lowest BCUT2D eigenvalue weighted by atomic mass is 10.1. The van der Waals surface area contributed by atoms with Crippen LogP contribution in [0.1, 0.15) is 12.0 Å². The van der Waals surface area contributed by atoms with Gasteiger partial charge in [-0.1, -0.05) is 24.0 Å². The molecule has 0 aromatic heterocycles. The lowest BCUT2D eigenvalue weighted by molar-refractivity contribution is 0.235. The molecule has 2 rings (SSSR count). The normalized spacial score (nSPS) is 18.6. The van der Waals surface area contributed by atoms with E-state index in [4.69, 9.17) is 0 Å². The molecule has 1 aromatic rings. The lowest BCUT2D eigenvalue weighted by Crippen LogP contribution is -2.03. The third-order valence-electron chi connectivity index (χ3n) is 2.32. The Morgan fingerprint density at radius 1 is 1.12 bits per heavy atom. The number of benzene rings is 1. The Bertz CT molecular complexity index is 524. The maximum atomic E-state index is 9.30. The van der Waals surface area contributed by atoms with Crippen molar-refractivity contribution in [2.75, 3.05) is 0 Å². The van der Waals surface area contributed by atoms with Crippen molar-refractivity contribution in [3.8, 4) is 23.3 Å². The summed E-state index contributed by atoms with van der Waals surface area (Å²) in [5.41, 5.74) is 1.51. The maximum Gasteiger partial charge on any atom is 0.119 e. The second-order valence-corrected chi connectivity index (χ2v) is 3.80. The number of phenols is 2. The molecule has 0 spiro atoms. The van der Waals surface area contributed by atoms with Crippen LogP contribution in [-0.2, 0) is 0 Å². The average Bonchev–Trinajstić information content (AvgIpc) is 2.27. The number of aromatic hydroxyl groups is 2. The zero-order chi connectivity index (χ0) is 12.3. The first-order chi connectivity index (χ1) is 8.13. The van der Waals surface area contributed by atoms with E-state index in [1.165, 1.54) is 6.07 Å². The van der Waals surface area contributed by atoms with Crippen molar-refractivity contribution in [1.29, 1.82) is 0 Å². The van der Waals surface area contributed by atoms with Crippen molar-refractivity contribution in [3.63, 3.8) is 0 Å². The quantitative estimate of drug-likeness (QED) is 0.676. The predicted octanol–water partition coefficient (Wildman–Crippen LogP) is 1.81. The van der Waals surface area contributed by atoms with Gasteiger partial charge in [0.05, 0.1) is 0 Å². The molecule has 3 heteroatoms. The van der Waals surface area contributed by atoms with E-state index in [0.29, 0.717) is 12.0 Å². The fourth-order valence-corrected chi connectivity index (χ4v) is 1.53. The number of allylic oxidation sites excluding steroid dienone is 2. The van der Waals surface area contributed by atoms with E-state index in [1.54, 1.807) is 24.3 Å². The van der Waals surface area contributed by atoms with Crippen LogP contribution in [-0.4, -0.2) is 21.4 Å². The highest BCUT2D eigenvalue weighted by Crippen LogP contribution is 2.21. The Hall–Kier alpha value is -2.18. The summed E-state index contributed by atoms with van der Waals surface area (Å²) in [7, 11) is 0. The van der Waals surface area contributed by atoms with Crippen LogP contribution in [0.3, 0.4) is 0 Å². The van der Waals surface area contributed by atoms with Crippen molar-refractivity contribution in [1.82, 2.24) is 0 Å². The van der Waals surface area contributed by atoms with E-state index >= 15 is 0 Å². The molecule has 0 saturated carbocycles. The molecule has 0 saturated heterocycles. The summed E-state index contributed by atoms with van der Waals surface area (Å²) in [6.07, 6.45) is 5.33. The topological polar surface area (TPSA) is 60.7 Å². The van der Waals surface area contributed by atoms with E-state index in [1.807, 2.05) is 6.08 Å². The molecule has 1 atom stereocenters. The van der Waals surface area contributed by atoms with Crippen molar-refractivity contribution < 1.29 is 15.3 Å². The standard InChI is InChI=1S/C14H12O3/c15-12-5-3-10(4-6-12)1-2-11-7-13(16)9-14(17)8-11/h1-3,7-9,12,15-17H,5H2/b2-1+. The zero-order valence-corrected chi connectivity index (χ0v) is 9.09. The number of hydrogen-bond acceptors (Lipinski definition) is 3. The summed E-state index contributed by atoms with van der Waals surface area (Å²) in [5, 5.41) is 27.8. The minimum atomic E-state index is -0.572. The largest absolute Gasteiger partial charge is 0.508 e. The van der Waals surface area contributed by atoms with Crippen LogP contribution >= 0.6 is 0 Å². The van der Waals surface area contributed by atoms with Gasteiger partial charge in [-0.25, -0.2) is 0 Å². The van der Waals surface area contributed by atoms with E-state index in [2.05, 4.69) is 11.8 Å². The molecular weight excluding hydrogens is 216 g/mol. The van der Waals surface area contributed by atoms with Crippen molar-refractivity contribution >= 4 is 6.08 Å². The molecule has 0 bridgehead atoms. The van der Waals surface area contributed by atoms with Crippen LogP contribution in [0.2, 0.25) is 0 Å². The van der Waals surface area contributed by atoms with E-state index in [0.717, 1.165) is 5.57 Å². The molecule has 0 fully saturated rings. The van der Waals surface area contributed by atoms with Gasteiger partial charge in [-0.15, -0.1) is 0 Å². The lowest BCUT2D eigenvalue weighted by Gasteiger charge is -2.03. The molecule has 1 aromatic carbocycles. The van der Waals surface area contributed by atoms with E-state index in [9.17, 15) is 15.3 Å². The number of phenolic OH excluding ortho intramolecular Hbond substituents is 2.